The van der Waals surface area contributed by atoms with Crippen LogP contribution in [0.2, 0.25) is 0 Å². The van der Waals surface area contributed by atoms with Crippen LogP contribution in [0.15, 0.2) is 57.0 Å². The average molecular weight is 544 g/mol. The smallest absolute Gasteiger partial charge is 0.328 e. The van der Waals surface area contributed by atoms with Gasteiger partial charge in [-0.05, 0) is 30.3 Å². The van der Waals surface area contributed by atoms with Crippen molar-refractivity contribution in [1.29, 1.82) is 0 Å². The van der Waals surface area contributed by atoms with E-state index in [1.807, 2.05) is 4.98 Å². The summed E-state index contributed by atoms with van der Waals surface area (Å²) in [6.07, 6.45) is -0.290. The van der Waals surface area contributed by atoms with Crippen LogP contribution in [0.4, 0.5) is 10.1 Å². The summed E-state index contributed by atoms with van der Waals surface area (Å²) in [5.74, 6) is -1.81. The highest BCUT2D eigenvalue weighted by molar-refractivity contribution is 8.15. The van der Waals surface area contributed by atoms with E-state index < -0.39 is 46.1 Å². The number of hydrogen-bond acceptors (Lipinski definition) is 9. The number of thioether (sulfide) groups is 1. The molecule has 38 heavy (non-hydrogen) atoms. The lowest BCUT2D eigenvalue weighted by molar-refractivity contribution is -0.122. The molecule has 0 aliphatic carbocycles. The van der Waals surface area contributed by atoms with E-state index in [1.54, 1.807) is 18.2 Å². The minimum absolute atomic E-state index is 0.0206. The molecule has 1 aliphatic heterocycles. The van der Waals surface area contributed by atoms with Crippen LogP contribution in [0.1, 0.15) is 23.6 Å². The molecule has 2 amide bonds. The Balaban J connectivity index is 1.68. The quantitative estimate of drug-likeness (QED) is 0.285. The second-order valence-electron chi connectivity index (χ2n) is 7.94. The molecule has 12 nitrogen and oxygen atoms in total. The van der Waals surface area contributed by atoms with Gasteiger partial charge in [0.15, 0.2) is 5.17 Å². The van der Waals surface area contributed by atoms with Crippen molar-refractivity contribution in [2.24, 2.45) is 4.99 Å². The van der Waals surface area contributed by atoms with Gasteiger partial charge in [0.1, 0.15) is 34.2 Å². The molecule has 5 N–H and O–H groups in total. The zero-order valence-electron chi connectivity index (χ0n) is 20.0. The summed E-state index contributed by atoms with van der Waals surface area (Å²) in [6, 6.07) is 9.05. The fourth-order valence-electron chi connectivity index (χ4n) is 3.73. The number of para-hydroxylation sites is 1. The monoisotopic (exact) mass is 543 g/mol. The fraction of sp³-hybridized carbons (Fsp3) is 0.208. The van der Waals surface area contributed by atoms with Gasteiger partial charge in [-0.15, -0.1) is 0 Å². The van der Waals surface area contributed by atoms with Gasteiger partial charge in [0.25, 0.3) is 5.56 Å². The van der Waals surface area contributed by atoms with Crippen molar-refractivity contribution in [2.75, 3.05) is 19.5 Å². The Kier molecular flexibility index (Phi) is 7.81. The van der Waals surface area contributed by atoms with Crippen LogP contribution in [0.3, 0.4) is 0 Å². The predicted molar refractivity (Wildman–Crippen MR) is 137 cm³/mol. The molecule has 3 aromatic rings. The molecule has 1 saturated heterocycles. The molecule has 0 unspecified atom stereocenters. The first-order valence-electron chi connectivity index (χ1n) is 11.1. The SMILES string of the molecule is COc1ccc(OC)c([C@H](N=C2NC(=O)[C@H](CC(=O)Nc3ccccc3F)S2)c2c(O)[nH]c(=O)[nH]c2=O)c1. The summed E-state index contributed by atoms with van der Waals surface area (Å²) in [4.78, 5) is 58.1. The molecule has 2 atom stereocenters. The highest BCUT2D eigenvalue weighted by Crippen LogP contribution is 2.38. The number of anilines is 1. The number of aliphatic imine (C=N–C) groups is 1. The van der Waals surface area contributed by atoms with Crippen LogP contribution in [0, 0.1) is 5.82 Å². The summed E-state index contributed by atoms with van der Waals surface area (Å²) >= 11 is 0.915. The number of nitrogens with one attached hydrogen (secondary N) is 4. The van der Waals surface area contributed by atoms with E-state index in [1.165, 1.54) is 38.5 Å². The summed E-state index contributed by atoms with van der Waals surface area (Å²) < 4.78 is 24.5. The highest BCUT2D eigenvalue weighted by atomic mass is 32.2. The molecule has 2 aromatic carbocycles. The minimum Gasteiger partial charge on any atom is -0.497 e. The Morgan fingerprint density at radius 3 is 2.61 bits per heavy atom. The number of ether oxygens (including phenoxy) is 2. The summed E-state index contributed by atoms with van der Waals surface area (Å²) in [5.41, 5.74) is -1.90. The van der Waals surface area contributed by atoms with Gasteiger partial charge in [0.2, 0.25) is 17.7 Å². The maximum atomic E-state index is 13.9. The lowest BCUT2D eigenvalue weighted by Crippen LogP contribution is -2.29. The number of carbonyl (C=O) groups is 2. The lowest BCUT2D eigenvalue weighted by atomic mass is 9.99. The Morgan fingerprint density at radius 1 is 1.16 bits per heavy atom. The van der Waals surface area contributed by atoms with Crippen LogP contribution in [-0.2, 0) is 9.59 Å². The second-order valence-corrected chi connectivity index (χ2v) is 9.13. The first-order chi connectivity index (χ1) is 18.2. The van der Waals surface area contributed by atoms with Gasteiger partial charge in [-0.25, -0.2) is 14.2 Å². The number of aromatic hydroxyl groups is 1. The van der Waals surface area contributed by atoms with Gasteiger partial charge in [-0.2, -0.15) is 0 Å². The van der Waals surface area contributed by atoms with Crippen molar-refractivity contribution in [2.45, 2.75) is 17.7 Å². The van der Waals surface area contributed by atoms with Crippen LogP contribution >= 0.6 is 11.8 Å². The third kappa shape index (κ3) is 5.70. The summed E-state index contributed by atoms with van der Waals surface area (Å²) in [5, 5.41) is 14.6. The first-order valence-corrected chi connectivity index (χ1v) is 11.9. The minimum atomic E-state index is -1.27. The molecule has 1 fully saturated rings. The number of hydrogen-bond donors (Lipinski definition) is 5. The number of rotatable bonds is 8. The molecule has 0 spiro atoms. The van der Waals surface area contributed by atoms with E-state index in [9.17, 15) is 28.7 Å². The molecule has 0 bridgehead atoms. The third-order valence-electron chi connectivity index (χ3n) is 5.51. The van der Waals surface area contributed by atoms with Crippen LogP contribution in [0.5, 0.6) is 17.4 Å². The van der Waals surface area contributed by atoms with E-state index in [0.717, 1.165) is 11.8 Å². The number of benzene rings is 2. The number of nitrogens with zero attached hydrogens (tertiary/aromatic N) is 1. The number of halogens is 1. The second kappa shape index (κ2) is 11.2. The molecular formula is C24H22FN5O7S. The number of aromatic amines is 2. The van der Waals surface area contributed by atoms with E-state index >= 15 is 0 Å². The summed E-state index contributed by atoms with van der Waals surface area (Å²) in [6.45, 7) is 0. The van der Waals surface area contributed by atoms with E-state index in [0.29, 0.717) is 5.75 Å². The van der Waals surface area contributed by atoms with Gasteiger partial charge in [0.05, 0.1) is 19.9 Å². The molecule has 0 radical (unpaired) electrons. The van der Waals surface area contributed by atoms with Crippen LogP contribution in [0.25, 0.3) is 0 Å². The van der Waals surface area contributed by atoms with Crippen molar-refractivity contribution < 1.29 is 28.6 Å². The van der Waals surface area contributed by atoms with Crippen molar-refractivity contribution in [3.05, 3.63) is 80.2 Å². The van der Waals surface area contributed by atoms with Gasteiger partial charge >= 0.3 is 5.69 Å². The molecule has 0 saturated carbocycles. The number of methoxy groups -OCH3 is 2. The Labute approximate surface area is 218 Å². The van der Waals surface area contributed by atoms with E-state index in [-0.39, 0.29) is 34.2 Å². The largest absolute Gasteiger partial charge is 0.497 e. The van der Waals surface area contributed by atoms with Crippen molar-refractivity contribution in [1.82, 2.24) is 15.3 Å². The van der Waals surface area contributed by atoms with E-state index in [4.69, 9.17) is 9.47 Å². The lowest BCUT2D eigenvalue weighted by Gasteiger charge is -2.18. The Morgan fingerprint density at radius 2 is 1.92 bits per heavy atom. The zero-order chi connectivity index (χ0) is 27.4. The maximum Gasteiger partial charge on any atom is 0.328 e. The fourth-order valence-corrected chi connectivity index (χ4v) is 4.73. The molecule has 1 aromatic heterocycles. The topological polar surface area (TPSA) is 175 Å². The standard InChI is InChI=1S/C24H22FN5O7S/c1-36-11-7-8-15(37-2)12(9-11)19(18-21(33)28-23(35)29-22(18)34)27-24-30-20(32)16(38-24)10-17(31)26-14-6-4-3-5-13(14)25/h3-9,16,19H,10H2,1-2H3,(H,26,31)(H,27,30,32)(H3,28,29,33,34,35)/t16-,19-/m0/s1. The Bertz CT molecular complexity index is 1540. The number of amidine groups is 1. The van der Waals surface area contributed by atoms with Gasteiger partial charge in [0, 0.05) is 12.0 Å². The normalized spacial score (nSPS) is 16.7. The first kappa shape index (κ1) is 26.5. The predicted octanol–water partition coefficient (Wildman–Crippen LogP) is 1.63. The van der Waals surface area contributed by atoms with Gasteiger partial charge < -0.3 is 25.2 Å². The molecular weight excluding hydrogens is 521 g/mol. The van der Waals surface area contributed by atoms with Crippen molar-refractivity contribution >= 4 is 34.4 Å². The maximum absolute atomic E-state index is 13.9. The molecule has 4 rings (SSSR count). The average Bonchev–Trinajstić information content (AvgIpc) is 3.21. The van der Waals surface area contributed by atoms with Gasteiger partial charge in [-0.3, -0.25) is 24.4 Å². The van der Waals surface area contributed by atoms with Gasteiger partial charge in [-0.1, -0.05) is 23.9 Å². The number of aromatic nitrogens is 2. The molecule has 198 valence electrons. The Hall–Kier alpha value is -4.59. The third-order valence-corrected chi connectivity index (χ3v) is 6.60. The zero-order valence-corrected chi connectivity index (χ0v) is 20.8. The molecule has 14 heteroatoms. The van der Waals surface area contributed by atoms with Crippen molar-refractivity contribution in [3.8, 4) is 17.4 Å². The van der Waals surface area contributed by atoms with Crippen LogP contribution < -0.4 is 31.4 Å². The summed E-state index contributed by atoms with van der Waals surface area (Å²) in [7, 11) is 2.82. The molecule has 1 aliphatic rings. The number of H-pyrrole nitrogens is 2. The molecule has 2 heterocycles. The highest BCUT2D eigenvalue weighted by Gasteiger charge is 2.34. The van der Waals surface area contributed by atoms with Crippen molar-refractivity contribution in [3.63, 3.8) is 0 Å². The number of carbonyl (C=O) groups excluding carboxylic acids is 2. The van der Waals surface area contributed by atoms with Crippen LogP contribution in [-0.4, -0.2) is 51.5 Å². The number of amides is 2. The van der Waals surface area contributed by atoms with E-state index in [2.05, 4.69) is 20.6 Å².